The molecule has 3 aromatic rings. The Morgan fingerprint density at radius 2 is 1.74 bits per heavy atom. The lowest BCUT2D eigenvalue weighted by Gasteiger charge is -2.33. The average Bonchev–Trinajstić information content (AvgIpc) is 3.66. The predicted molar refractivity (Wildman–Crippen MR) is 130 cm³/mol. The van der Waals surface area contributed by atoms with Crippen molar-refractivity contribution in [2.75, 3.05) is 28.2 Å². The molecule has 5 rings (SSSR count). The number of carbonyl (C=O) groups is 1. The summed E-state index contributed by atoms with van der Waals surface area (Å²) in [6, 6.07) is 19.8. The molecule has 2 aliphatic rings. The van der Waals surface area contributed by atoms with Crippen molar-refractivity contribution in [3.63, 3.8) is 0 Å². The van der Waals surface area contributed by atoms with Gasteiger partial charge in [0.15, 0.2) is 0 Å². The number of benzene rings is 2. The van der Waals surface area contributed by atoms with Crippen LogP contribution < -0.4 is 20.9 Å². The number of nitrogens with zero attached hydrogens (tertiary/aromatic N) is 3. The zero-order valence-corrected chi connectivity index (χ0v) is 18.8. The van der Waals surface area contributed by atoms with E-state index >= 15 is 0 Å². The maximum atomic E-state index is 13.5. The van der Waals surface area contributed by atoms with Crippen LogP contribution in [0.3, 0.4) is 0 Å². The summed E-state index contributed by atoms with van der Waals surface area (Å²) in [6.45, 7) is 0.686. The normalized spacial score (nSPS) is 17.3. The lowest BCUT2D eigenvalue weighted by molar-refractivity contribution is -0.0220. The number of anilines is 5. The molecule has 2 fully saturated rings. The topological polar surface area (TPSA) is 74.5 Å². The lowest BCUT2D eigenvalue weighted by atomic mass is 10.1. The third kappa shape index (κ3) is 4.81. The van der Waals surface area contributed by atoms with Crippen LogP contribution in [0.15, 0.2) is 66.9 Å². The standard InChI is InChI=1S/C26H27F2N5O/c27-26(28)12-14-32(15-13-26)19-8-6-18(7-9-19)31-24-16-23(22(17-30-24)25(29)34)33(21-10-11-21)20-4-2-1-3-5-20/h1-9,16-17,21H,10-15H2,(H2,29,34)(H,30,31). The fraction of sp³-hybridized carbons (Fsp3) is 0.308. The highest BCUT2D eigenvalue weighted by Crippen LogP contribution is 2.40. The second-order valence-electron chi connectivity index (χ2n) is 8.90. The zero-order valence-electron chi connectivity index (χ0n) is 18.8. The van der Waals surface area contributed by atoms with Gasteiger partial charge in [-0.2, -0.15) is 0 Å². The van der Waals surface area contributed by atoms with Crippen molar-refractivity contribution >= 4 is 34.5 Å². The number of para-hydroxylation sites is 1. The molecular weight excluding hydrogens is 436 g/mol. The van der Waals surface area contributed by atoms with Crippen molar-refractivity contribution in [3.8, 4) is 0 Å². The van der Waals surface area contributed by atoms with Gasteiger partial charge >= 0.3 is 0 Å². The first kappa shape index (κ1) is 22.1. The first-order valence-corrected chi connectivity index (χ1v) is 11.5. The zero-order chi connectivity index (χ0) is 23.7. The minimum absolute atomic E-state index is 0.120. The summed E-state index contributed by atoms with van der Waals surface area (Å²) in [6.07, 6.45) is 3.36. The Morgan fingerprint density at radius 3 is 2.35 bits per heavy atom. The maximum Gasteiger partial charge on any atom is 0.252 e. The maximum absolute atomic E-state index is 13.5. The smallest absolute Gasteiger partial charge is 0.252 e. The highest BCUT2D eigenvalue weighted by atomic mass is 19.3. The molecule has 0 unspecified atom stereocenters. The number of rotatable bonds is 7. The minimum Gasteiger partial charge on any atom is -0.371 e. The number of primary amides is 1. The van der Waals surface area contributed by atoms with E-state index in [1.807, 2.05) is 65.6 Å². The molecule has 1 aliphatic heterocycles. The van der Waals surface area contributed by atoms with Gasteiger partial charge in [-0.3, -0.25) is 4.79 Å². The van der Waals surface area contributed by atoms with Crippen molar-refractivity contribution < 1.29 is 13.6 Å². The van der Waals surface area contributed by atoms with Gasteiger partial charge in [0.05, 0.1) is 11.3 Å². The number of hydrogen-bond donors (Lipinski definition) is 2. The van der Waals surface area contributed by atoms with Gasteiger partial charge in [-0.05, 0) is 49.2 Å². The van der Waals surface area contributed by atoms with Gasteiger partial charge in [0.1, 0.15) is 5.82 Å². The fourth-order valence-electron chi connectivity index (χ4n) is 4.37. The molecule has 8 heteroatoms. The first-order chi connectivity index (χ1) is 16.4. The number of alkyl halides is 2. The Hall–Kier alpha value is -3.68. The van der Waals surface area contributed by atoms with E-state index in [-0.39, 0.29) is 12.8 Å². The van der Waals surface area contributed by atoms with E-state index < -0.39 is 11.8 Å². The van der Waals surface area contributed by atoms with Crippen LogP contribution in [0.1, 0.15) is 36.0 Å². The summed E-state index contributed by atoms with van der Waals surface area (Å²) >= 11 is 0. The molecule has 1 saturated heterocycles. The van der Waals surface area contributed by atoms with Crippen LogP contribution in [-0.2, 0) is 0 Å². The molecule has 1 aromatic heterocycles. The van der Waals surface area contributed by atoms with E-state index in [1.165, 1.54) is 6.20 Å². The third-order valence-electron chi connectivity index (χ3n) is 6.35. The SMILES string of the molecule is NC(=O)c1cnc(Nc2ccc(N3CCC(F)(F)CC3)cc2)cc1N(c1ccccc1)C1CC1. The molecule has 0 spiro atoms. The average molecular weight is 464 g/mol. The Kier molecular flexibility index (Phi) is 5.81. The molecule has 2 heterocycles. The number of nitrogens with one attached hydrogen (secondary N) is 1. The summed E-state index contributed by atoms with van der Waals surface area (Å²) in [5, 5.41) is 3.29. The van der Waals surface area contributed by atoms with Crippen LogP contribution in [0.2, 0.25) is 0 Å². The van der Waals surface area contributed by atoms with E-state index in [0.29, 0.717) is 30.5 Å². The van der Waals surface area contributed by atoms with Crippen LogP contribution in [0.4, 0.5) is 37.3 Å². The molecule has 0 bridgehead atoms. The van der Waals surface area contributed by atoms with Crippen molar-refractivity contribution in [2.24, 2.45) is 5.73 Å². The molecular formula is C26H27F2N5O. The summed E-state index contributed by atoms with van der Waals surface area (Å²) in [5.41, 5.74) is 9.51. The molecule has 6 nitrogen and oxygen atoms in total. The minimum atomic E-state index is -2.56. The number of pyridine rings is 1. The van der Waals surface area contributed by atoms with E-state index in [1.54, 1.807) is 0 Å². The first-order valence-electron chi connectivity index (χ1n) is 11.5. The van der Waals surface area contributed by atoms with Gasteiger partial charge in [-0.1, -0.05) is 18.2 Å². The van der Waals surface area contributed by atoms with Gasteiger partial charge in [-0.25, -0.2) is 13.8 Å². The van der Waals surface area contributed by atoms with Crippen LogP contribution in [0.5, 0.6) is 0 Å². The van der Waals surface area contributed by atoms with Crippen LogP contribution in [-0.4, -0.2) is 35.9 Å². The van der Waals surface area contributed by atoms with Crippen LogP contribution in [0.25, 0.3) is 0 Å². The number of piperidine rings is 1. The van der Waals surface area contributed by atoms with E-state index in [0.717, 1.165) is 35.6 Å². The van der Waals surface area contributed by atoms with Crippen molar-refractivity contribution in [2.45, 2.75) is 37.6 Å². The van der Waals surface area contributed by atoms with Gasteiger partial charge in [-0.15, -0.1) is 0 Å². The van der Waals surface area contributed by atoms with E-state index in [4.69, 9.17) is 5.73 Å². The number of aromatic nitrogens is 1. The van der Waals surface area contributed by atoms with Crippen molar-refractivity contribution in [1.82, 2.24) is 4.98 Å². The Morgan fingerprint density at radius 1 is 1.06 bits per heavy atom. The van der Waals surface area contributed by atoms with Crippen LogP contribution in [0, 0.1) is 0 Å². The molecule has 0 radical (unpaired) electrons. The monoisotopic (exact) mass is 463 g/mol. The molecule has 1 amide bonds. The highest BCUT2D eigenvalue weighted by molar-refractivity contribution is 6.00. The summed E-state index contributed by atoms with van der Waals surface area (Å²) in [7, 11) is 0. The quantitative estimate of drug-likeness (QED) is 0.487. The molecule has 1 saturated carbocycles. The number of hydrogen-bond acceptors (Lipinski definition) is 5. The molecule has 3 N–H and O–H groups in total. The molecule has 1 aliphatic carbocycles. The number of nitrogens with two attached hydrogens (primary N) is 1. The van der Waals surface area contributed by atoms with Crippen molar-refractivity contribution in [3.05, 3.63) is 72.4 Å². The van der Waals surface area contributed by atoms with Crippen molar-refractivity contribution in [1.29, 1.82) is 0 Å². The number of amides is 1. The molecule has 34 heavy (non-hydrogen) atoms. The van der Waals surface area contributed by atoms with Gasteiger partial charge in [0.2, 0.25) is 0 Å². The second kappa shape index (κ2) is 8.93. The van der Waals surface area contributed by atoms with Crippen LogP contribution >= 0.6 is 0 Å². The molecule has 0 atom stereocenters. The van der Waals surface area contributed by atoms with E-state index in [9.17, 15) is 13.6 Å². The number of carbonyl (C=O) groups excluding carboxylic acids is 1. The molecule has 2 aromatic carbocycles. The van der Waals surface area contributed by atoms with Gasteiger partial charge in [0.25, 0.3) is 11.8 Å². The largest absolute Gasteiger partial charge is 0.371 e. The highest BCUT2D eigenvalue weighted by Gasteiger charge is 2.34. The summed E-state index contributed by atoms with van der Waals surface area (Å²) in [5.74, 6) is -2.49. The second-order valence-corrected chi connectivity index (χ2v) is 8.90. The van der Waals surface area contributed by atoms with E-state index in [2.05, 4.69) is 15.2 Å². The Balaban J connectivity index is 1.38. The third-order valence-corrected chi connectivity index (χ3v) is 6.35. The predicted octanol–water partition coefficient (Wildman–Crippen LogP) is 5.46. The lowest BCUT2D eigenvalue weighted by Crippen LogP contribution is -2.39. The van der Waals surface area contributed by atoms with Gasteiger partial charge in [0, 0.05) is 61.3 Å². The summed E-state index contributed by atoms with van der Waals surface area (Å²) in [4.78, 5) is 20.7. The Bertz CT molecular complexity index is 1160. The van der Waals surface area contributed by atoms with Gasteiger partial charge < -0.3 is 20.9 Å². The fourth-order valence-corrected chi connectivity index (χ4v) is 4.37. The molecule has 176 valence electrons. The Labute approximate surface area is 197 Å². The summed E-state index contributed by atoms with van der Waals surface area (Å²) < 4.78 is 26.9. The number of halogens is 2.